The SMILES string of the molecule is COc1ccc(S(=O)(=O)N(C)CCc2c[nH]c3ccccc23)c(C)c1. The number of para-hydroxylation sites is 1. The van der Waals surface area contributed by atoms with E-state index in [1.807, 2.05) is 30.5 Å². The van der Waals surface area contributed by atoms with Crippen molar-refractivity contribution in [1.29, 1.82) is 0 Å². The van der Waals surface area contributed by atoms with Crippen LogP contribution >= 0.6 is 0 Å². The summed E-state index contributed by atoms with van der Waals surface area (Å²) in [7, 11) is -0.349. The van der Waals surface area contributed by atoms with Crippen LogP contribution in [-0.4, -0.2) is 38.4 Å². The molecule has 1 aromatic heterocycles. The lowest BCUT2D eigenvalue weighted by molar-refractivity contribution is 0.414. The molecule has 6 heteroatoms. The van der Waals surface area contributed by atoms with E-state index in [1.165, 1.54) is 4.31 Å². The normalized spacial score (nSPS) is 12.0. The second kappa shape index (κ2) is 6.90. The van der Waals surface area contributed by atoms with Crippen molar-refractivity contribution in [2.45, 2.75) is 18.2 Å². The van der Waals surface area contributed by atoms with Crippen molar-refractivity contribution in [3.05, 3.63) is 59.8 Å². The van der Waals surface area contributed by atoms with Crippen LogP contribution in [0.15, 0.2) is 53.6 Å². The molecule has 25 heavy (non-hydrogen) atoms. The molecule has 0 aliphatic rings. The van der Waals surface area contributed by atoms with Gasteiger partial charge in [0.2, 0.25) is 10.0 Å². The Morgan fingerprint density at radius 3 is 2.64 bits per heavy atom. The van der Waals surface area contributed by atoms with Gasteiger partial charge in [0.15, 0.2) is 0 Å². The standard InChI is InChI=1S/C19H22N2O3S/c1-14-12-16(24-3)8-9-19(14)25(22,23)21(2)11-10-15-13-20-18-7-5-4-6-17(15)18/h4-9,12-13,20H,10-11H2,1-3H3. The van der Waals surface area contributed by atoms with Crippen molar-refractivity contribution in [3.63, 3.8) is 0 Å². The Kier molecular flexibility index (Phi) is 4.83. The predicted molar refractivity (Wildman–Crippen MR) is 99.5 cm³/mol. The van der Waals surface area contributed by atoms with Gasteiger partial charge in [-0.15, -0.1) is 0 Å². The maximum absolute atomic E-state index is 12.9. The minimum atomic E-state index is -3.53. The quantitative estimate of drug-likeness (QED) is 0.735. The number of aromatic amines is 1. The molecule has 3 aromatic rings. The number of hydrogen-bond donors (Lipinski definition) is 1. The van der Waals surface area contributed by atoms with Crippen molar-refractivity contribution in [2.75, 3.05) is 20.7 Å². The fourth-order valence-electron chi connectivity index (χ4n) is 2.94. The molecule has 0 fully saturated rings. The summed E-state index contributed by atoms with van der Waals surface area (Å²) in [5.74, 6) is 0.651. The van der Waals surface area contributed by atoms with Crippen molar-refractivity contribution < 1.29 is 13.2 Å². The fraction of sp³-hybridized carbons (Fsp3) is 0.263. The van der Waals surface area contributed by atoms with Crippen LogP contribution in [0.1, 0.15) is 11.1 Å². The molecule has 2 aromatic carbocycles. The van der Waals surface area contributed by atoms with E-state index in [2.05, 4.69) is 4.98 Å². The Hall–Kier alpha value is -2.31. The van der Waals surface area contributed by atoms with Gasteiger partial charge in [-0.2, -0.15) is 0 Å². The molecule has 1 heterocycles. The third-order valence-electron chi connectivity index (χ3n) is 4.44. The monoisotopic (exact) mass is 358 g/mol. The molecule has 0 amide bonds. The second-order valence-corrected chi connectivity index (χ2v) is 8.08. The highest BCUT2D eigenvalue weighted by atomic mass is 32.2. The van der Waals surface area contributed by atoms with Crippen LogP contribution < -0.4 is 4.74 Å². The van der Waals surface area contributed by atoms with E-state index < -0.39 is 10.0 Å². The average Bonchev–Trinajstić information content (AvgIpc) is 3.02. The van der Waals surface area contributed by atoms with Crippen molar-refractivity contribution >= 4 is 20.9 Å². The Labute approximate surface area is 148 Å². The largest absolute Gasteiger partial charge is 0.497 e. The molecular formula is C19H22N2O3S. The van der Waals surface area contributed by atoms with Crippen LogP contribution in [0.4, 0.5) is 0 Å². The lowest BCUT2D eigenvalue weighted by Crippen LogP contribution is -2.29. The predicted octanol–water partition coefficient (Wildman–Crippen LogP) is 3.35. The number of aromatic nitrogens is 1. The Bertz CT molecular complexity index is 993. The molecule has 0 saturated heterocycles. The van der Waals surface area contributed by atoms with Gasteiger partial charge >= 0.3 is 0 Å². The number of likely N-dealkylation sites (N-methyl/N-ethyl adjacent to an activating group) is 1. The maximum atomic E-state index is 12.9. The Morgan fingerprint density at radius 2 is 1.92 bits per heavy atom. The van der Waals surface area contributed by atoms with Crippen molar-refractivity contribution in [3.8, 4) is 5.75 Å². The summed E-state index contributed by atoms with van der Waals surface area (Å²) in [6.07, 6.45) is 2.60. The summed E-state index contributed by atoms with van der Waals surface area (Å²) in [6, 6.07) is 13.0. The molecule has 0 unspecified atom stereocenters. The van der Waals surface area contributed by atoms with Crippen LogP contribution in [0.25, 0.3) is 10.9 Å². The van der Waals surface area contributed by atoms with Crippen LogP contribution in [0.3, 0.4) is 0 Å². The lowest BCUT2D eigenvalue weighted by atomic mass is 10.1. The fourth-order valence-corrected chi connectivity index (χ4v) is 4.32. The summed E-state index contributed by atoms with van der Waals surface area (Å²) >= 11 is 0. The zero-order valence-electron chi connectivity index (χ0n) is 14.6. The van der Waals surface area contributed by atoms with E-state index in [1.54, 1.807) is 39.3 Å². The molecule has 0 bridgehead atoms. The number of fused-ring (bicyclic) bond motifs is 1. The van der Waals surface area contributed by atoms with E-state index >= 15 is 0 Å². The zero-order chi connectivity index (χ0) is 18.0. The number of benzene rings is 2. The number of nitrogens with one attached hydrogen (secondary N) is 1. The van der Waals surface area contributed by atoms with Gasteiger partial charge in [0.25, 0.3) is 0 Å². The smallest absolute Gasteiger partial charge is 0.243 e. The van der Waals surface area contributed by atoms with E-state index in [4.69, 9.17) is 4.74 Å². The van der Waals surface area contributed by atoms with E-state index in [0.29, 0.717) is 29.2 Å². The molecule has 0 aliphatic heterocycles. The van der Waals surface area contributed by atoms with E-state index in [-0.39, 0.29) is 0 Å². The number of rotatable bonds is 6. The molecule has 0 saturated carbocycles. The molecule has 132 valence electrons. The highest BCUT2D eigenvalue weighted by Gasteiger charge is 2.23. The van der Waals surface area contributed by atoms with Crippen LogP contribution in [0.5, 0.6) is 5.75 Å². The summed E-state index contributed by atoms with van der Waals surface area (Å²) < 4.78 is 32.3. The van der Waals surface area contributed by atoms with E-state index in [9.17, 15) is 8.42 Å². The average molecular weight is 358 g/mol. The maximum Gasteiger partial charge on any atom is 0.243 e. The third kappa shape index (κ3) is 3.41. The molecule has 3 rings (SSSR count). The third-order valence-corrected chi connectivity index (χ3v) is 6.46. The van der Waals surface area contributed by atoms with Gasteiger partial charge in [-0.1, -0.05) is 18.2 Å². The Morgan fingerprint density at radius 1 is 1.16 bits per heavy atom. The minimum Gasteiger partial charge on any atom is -0.497 e. The van der Waals surface area contributed by atoms with Crippen molar-refractivity contribution in [2.24, 2.45) is 0 Å². The molecule has 1 N–H and O–H groups in total. The number of aryl methyl sites for hydroxylation is 1. The topological polar surface area (TPSA) is 62.4 Å². The summed E-state index contributed by atoms with van der Waals surface area (Å²) in [5, 5.41) is 1.13. The molecular weight excluding hydrogens is 336 g/mol. The molecule has 0 atom stereocenters. The molecule has 0 spiro atoms. The summed E-state index contributed by atoms with van der Waals surface area (Å²) in [4.78, 5) is 3.54. The van der Waals surface area contributed by atoms with Crippen molar-refractivity contribution in [1.82, 2.24) is 9.29 Å². The van der Waals surface area contributed by atoms with Gasteiger partial charge < -0.3 is 9.72 Å². The first-order valence-corrected chi connectivity index (χ1v) is 9.53. The highest BCUT2D eigenvalue weighted by molar-refractivity contribution is 7.89. The van der Waals surface area contributed by atoms with Gasteiger partial charge in [-0.25, -0.2) is 12.7 Å². The minimum absolute atomic E-state index is 0.315. The summed E-state index contributed by atoms with van der Waals surface area (Å²) in [5.41, 5.74) is 2.86. The number of ether oxygens (including phenoxy) is 1. The summed E-state index contributed by atoms with van der Waals surface area (Å²) in [6.45, 7) is 2.19. The van der Waals surface area contributed by atoms with Gasteiger partial charge in [-0.05, 0) is 48.7 Å². The first-order valence-electron chi connectivity index (χ1n) is 8.09. The molecule has 0 radical (unpaired) electrons. The highest BCUT2D eigenvalue weighted by Crippen LogP contribution is 2.24. The lowest BCUT2D eigenvalue weighted by Gasteiger charge is -2.18. The van der Waals surface area contributed by atoms with Crippen LogP contribution in [0, 0.1) is 6.92 Å². The van der Waals surface area contributed by atoms with Gasteiger partial charge in [0, 0.05) is 30.7 Å². The number of nitrogens with zero attached hydrogens (tertiary/aromatic N) is 1. The molecule has 0 aliphatic carbocycles. The number of methoxy groups -OCH3 is 1. The number of H-pyrrole nitrogens is 1. The van der Waals surface area contributed by atoms with E-state index in [0.717, 1.165) is 16.5 Å². The number of hydrogen-bond acceptors (Lipinski definition) is 3. The zero-order valence-corrected chi connectivity index (χ0v) is 15.4. The first-order chi connectivity index (χ1) is 11.9. The molecule has 5 nitrogen and oxygen atoms in total. The number of sulfonamides is 1. The van der Waals surface area contributed by atoms with Gasteiger partial charge in [-0.3, -0.25) is 0 Å². The first kappa shape index (κ1) is 17.5. The van der Waals surface area contributed by atoms with Crippen LogP contribution in [0.2, 0.25) is 0 Å². The van der Waals surface area contributed by atoms with Gasteiger partial charge in [0.05, 0.1) is 12.0 Å². The van der Waals surface area contributed by atoms with Gasteiger partial charge in [0.1, 0.15) is 5.75 Å². The second-order valence-electron chi connectivity index (χ2n) is 6.07. The van der Waals surface area contributed by atoms with Crippen LogP contribution in [-0.2, 0) is 16.4 Å². The Balaban J connectivity index is 1.79.